The summed E-state index contributed by atoms with van der Waals surface area (Å²) in [7, 11) is 0. The number of halogens is 1. The molecule has 0 radical (unpaired) electrons. The molecule has 0 aliphatic rings. The number of thioether (sulfide) groups is 1. The normalized spacial score (nSPS) is 9.54. The van der Waals surface area contributed by atoms with Crippen molar-refractivity contribution in [2.45, 2.75) is 11.3 Å². The summed E-state index contributed by atoms with van der Waals surface area (Å²) in [6, 6.07) is 4.78. The van der Waals surface area contributed by atoms with Gasteiger partial charge in [0.05, 0.1) is 5.69 Å². The number of benzene rings is 1. The van der Waals surface area contributed by atoms with E-state index in [1.54, 1.807) is 12.1 Å². The SMILES string of the molecule is C#CCCSc1ccc(N)c(F)c1. The van der Waals surface area contributed by atoms with Gasteiger partial charge in [0.2, 0.25) is 0 Å². The molecule has 1 aromatic rings. The van der Waals surface area contributed by atoms with Gasteiger partial charge in [-0.15, -0.1) is 24.1 Å². The van der Waals surface area contributed by atoms with Crippen molar-refractivity contribution >= 4 is 17.4 Å². The molecule has 0 saturated carbocycles. The first-order valence-corrected chi connectivity index (χ1v) is 4.84. The second-order valence-electron chi connectivity index (χ2n) is 2.49. The first kappa shape index (κ1) is 9.94. The Balaban J connectivity index is 2.59. The molecule has 1 rings (SSSR count). The first-order chi connectivity index (χ1) is 6.24. The summed E-state index contributed by atoms with van der Waals surface area (Å²) in [4.78, 5) is 0.863. The summed E-state index contributed by atoms with van der Waals surface area (Å²) in [5, 5.41) is 0. The van der Waals surface area contributed by atoms with E-state index >= 15 is 0 Å². The summed E-state index contributed by atoms with van der Waals surface area (Å²) in [5.74, 6) is 2.96. The van der Waals surface area contributed by atoms with Crippen LogP contribution < -0.4 is 5.73 Å². The molecular weight excluding hydrogens is 185 g/mol. The maximum atomic E-state index is 12.9. The van der Waals surface area contributed by atoms with Gasteiger partial charge in [-0.05, 0) is 18.2 Å². The lowest BCUT2D eigenvalue weighted by molar-refractivity contribution is 0.629. The Hall–Kier alpha value is -1.14. The third-order valence-corrected chi connectivity index (χ3v) is 2.48. The standard InChI is InChI=1S/C10H10FNS/c1-2-3-6-13-8-4-5-10(12)9(11)7-8/h1,4-5,7H,3,6,12H2. The number of hydrogen-bond acceptors (Lipinski definition) is 2. The minimum Gasteiger partial charge on any atom is -0.396 e. The van der Waals surface area contributed by atoms with Gasteiger partial charge in [-0.2, -0.15) is 0 Å². The van der Waals surface area contributed by atoms with Crippen LogP contribution in [-0.4, -0.2) is 5.75 Å². The van der Waals surface area contributed by atoms with Crippen molar-refractivity contribution in [2.24, 2.45) is 0 Å². The minimum atomic E-state index is -0.370. The highest BCUT2D eigenvalue weighted by Gasteiger charge is 1.99. The molecule has 0 aliphatic heterocycles. The average molecular weight is 195 g/mol. The maximum Gasteiger partial charge on any atom is 0.147 e. The molecule has 0 aromatic heterocycles. The van der Waals surface area contributed by atoms with E-state index in [0.29, 0.717) is 6.42 Å². The Morgan fingerprint density at radius 1 is 1.54 bits per heavy atom. The predicted molar refractivity (Wildman–Crippen MR) is 55.0 cm³/mol. The van der Waals surface area contributed by atoms with Gasteiger partial charge >= 0.3 is 0 Å². The van der Waals surface area contributed by atoms with E-state index < -0.39 is 0 Å². The largest absolute Gasteiger partial charge is 0.396 e. The average Bonchev–Trinajstić information content (AvgIpc) is 2.12. The van der Waals surface area contributed by atoms with E-state index in [9.17, 15) is 4.39 Å². The third-order valence-electron chi connectivity index (χ3n) is 1.49. The molecule has 0 atom stereocenters. The van der Waals surface area contributed by atoms with E-state index in [4.69, 9.17) is 12.2 Å². The van der Waals surface area contributed by atoms with Crippen molar-refractivity contribution in [1.29, 1.82) is 0 Å². The zero-order valence-electron chi connectivity index (χ0n) is 7.09. The van der Waals surface area contributed by atoms with Crippen molar-refractivity contribution in [3.63, 3.8) is 0 Å². The quantitative estimate of drug-likeness (QED) is 0.347. The topological polar surface area (TPSA) is 26.0 Å². The predicted octanol–water partition coefficient (Wildman–Crippen LogP) is 2.52. The second-order valence-corrected chi connectivity index (χ2v) is 3.65. The van der Waals surface area contributed by atoms with Crippen LogP contribution >= 0.6 is 11.8 Å². The van der Waals surface area contributed by atoms with Crippen molar-refractivity contribution in [1.82, 2.24) is 0 Å². The lowest BCUT2D eigenvalue weighted by atomic mass is 10.3. The van der Waals surface area contributed by atoms with E-state index in [1.807, 2.05) is 0 Å². The first-order valence-electron chi connectivity index (χ1n) is 3.85. The zero-order chi connectivity index (χ0) is 9.68. The molecule has 0 saturated heterocycles. The number of anilines is 1. The molecule has 0 unspecified atom stereocenters. The van der Waals surface area contributed by atoms with Crippen molar-refractivity contribution < 1.29 is 4.39 Å². The molecule has 0 spiro atoms. The maximum absolute atomic E-state index is 12.9. The molecule has 1 nitrogen and oxygen atoms in total. The van der Waals surface area contributed by atoms with Crippen LogP contribution in [0.15, 0.2) is 23.1 Å². The Kier molecular flexibility index (Phi) is 3.66. The lowest BCUT2D eigenvalue weighted by Gasteiger charge is -2.00. The van der Waals surface area contributed by atoms with Crippen molar-refractivity contribution in [2.75, 3.05) is 11.5 Å². The van der Waals surface area contributed by atoms with Crippen LogP contribution in [0, 0.1) is 18.2 Å². The summed E-state index contributed by atoms with van der Waals surface area (Å²) in [5.41, 5.74) is 5.51. The second kappa shape index (κ2) is 4.78. The fourth-order valence-corrected chi connectivity index (χ4v) is 1.63. The van der Waals surface area contributed by atoms with Crippen molar-refractivity contribution in [3.8, 4) is 12.3 Å². The molecular formula is C10H10FNS. The molecule has 13 heavy (non-hydrogen) atoms. The number of hydrogen-bond donors (Lipinski definition) is 1. The summed E-state index contributed by atoms with van der Waals surface area (Å²) in [6.45, 7) is 0. The van der Waals surface area contributed by atoms with Crippen LogP contribution in [0.4, 0.5) is 10.1 Å². The van der Waals surface area contributed by atoms with E-state index in [-0.39, 0.29) is 11.5 Å². The van der Waals surface area contributed by atoms with Crippen LogP contribution in [0.1, 0.15) is 6.42 Å². The fourth-order valence-electron chi connectivity index (χ4n) is 0.825. The van der Waals surface area contributed by atoms with Crippen molar-refractivity contribution in [3.05, 3.63) is 24.0 Å². The van der Waals surface area contributed by atoms with E-state index in [1.165, 1.54) is 17.8 Å². The number of nitrogens with two attached hydrogens (primary N) is 1. The molecule has 68 valence electrons. The lowest BCUT2D eigenvalue weighted by Crippen LogP contribution is -1.89. The Morgan fingerprint density at radius 3 is 2.92 bits per heavy atom. The minimum absolute atomic E-state index is 0.182. The van der Waals surface area contributed by atoms with Gasteiger partial charge in [-0.25, -0.2) is 4.39 Å². The van der Waals surface area contributed by atoms with Gasteiger partial charge in [0.1, 0.15) is 5.82 Å². The number of terminal acetylenes is 1. The van der Waals surface area contributed by atoms with Gasteiger partial charge in [0.15, 0.2) is 0 Å². The Morgan fingerprint density at radius 2 is 2.31 bits per heavy atom. The Bertz CT molecular complexity index is 330. The van der Waals surface area contributed by atoms with Crippen LogP contribution in [-0.2, 0) is 0 Å². The van der Waals surface area contributed by atoms with Crippen LogP contribution in [0.3, 0.4) is 0 Å². The highest BCUT2D eigenvalue weighted by molar-refractivity contribution is 7.99. The summed E-state index contributed by atoms with van der Waals surface area (Å²) >= 11 is 1.53. The molecule has 3 heteroatoms. The van der Waals surface area contributed by atoms with E-state index in [2.05, 4.69) is 5.92 Å². The highest BCUT2D eigenvalue weighted by atomic mass is 32.2. The molecule has 1 aromatic carbocycles. The van der Waals surface area contributed by atoms with Crippen LogP contribution in [0.5, 0.6) is 0 Å². The van der Waals surface area contributed by atoms with Crippen LogP contribution in [0.25, 0.3) is 0 Å². The van der Waals surface area contributed by atoms with Gasteiger partial charge < -0.3 is 5.73 Å². The monoisotopic (exact) mass is 195 g/mol. The third kappa shape index (κ3) is 3.00. The molecule has 0 amide bonds. The van der Waals surface area contributed by atoms with Gasteiger partial charge in [0, 0.05) is 17.1 Å². The van der Waals surface area contributed by atoms with Gasteiger partial charge in [-0.3, -0.25) is 0 Å². The van der Waals surface area contributed by atoms with Crippen LogP contribution in [0.2, 0.25) is 0 Å². The van der Waals surface area contributed by atoms with E-state index in [0.717, 1.165) is 10.6 Å². The molecule has 0 aliphatic carbocycles. The number of rotatable bonds is 3. The van der Waals surface area contributed by atoms with Gasteiger partial charge in [0.25, 0.3) is 0 Å². The fraction of sp³-hybridized carbons (Fsp3) is 0.200. The number of nitrogen functional groups attached to an aromatic ring is 1. The zero-order valence-corrected chi connectivity index (χ0v) is 7.90. The highest BCUT2D eigenvalue weighted by Crippen LogP contribution is 2.22. The summed E-state index contributed by atoms with van der Waals surface area (Å²) in [6.07, 6.45) is 5.78. The smallest absolute Gasteiger partial charge is 0.147 e. The molecule has 2 N–H and O–H groups in total. The van der Waals surface area contributed by atoms with Gasteiger partial charge in [-0.1, -0.05) is 0 Å². The molecule has 0 heterocycles. The molecule has 0 fully saturated rings. The summed E-state index contributed by atoms with van der Waals surface area (Å²) < 4.78 is 12.9. The molecule has 0 bridgehead atoms. The Labute approximate surface area is 81.5 Å².